The summed E-state index contributed by atoms with van der Waals surface area (Å²) >= 11 is 4.83. The molecule has 0 atom stereocenters. The van der Waals surface area contributed by atoms with Gasteiger partial charge in [-0.3, -0.25) is 4.79 Å². The van der Waals surface area contributed by atoms with Crippen molar-refractivity contribution in [3.05, 3.63) is 39.7 Å². The monoisotopic (exact) mass is 352 g/mol. The third-order valence-electron chi connectivity index (χ3n) is 3.24. The van der Waals surface area contributed by atoms with Crippen molar-refractivity contribution in [3.63, 3.8) is 0 Å². The molecule has 2 rings (SSSR count). The Morgan fingerprint density at radius 2 is 1.85 bits per heavy atom. The third-order valence-corrected chi connectivity index (χ3v) is 4.58. The van der Waals surface area contributed by atoms with Crippen molar-refractivity contribution >= 4 is 38.2 Å². The second-order valence-corrected chi connectivity index (χ2v) is 6.20. The smallest absolute Gasteiger partial charge is 0.257 e. The van der Waals surface area contributed by atoms with Crippen molar-refractivity contribution in [2.75, 3.05) is 18.8 Å². The van der Waals surface area contributed by atoms with Gasteiger partial charge in [-0.15, -0.1) is 11.3 Å². The van der Waals surface area contributed by atoms with E-state index in [-0.39, 0.29) is 5.91 Å². The van der Waals surface area contributed by atoms with Gasteiger partial charge in [-0.1, -0.05) is 28.1 Å². The second kappa shape index (κ2) is 6.41. The van der Waals surface area contributed by atoms with Crippen molar-refractivity contribution in [3.8, 4) is 11.1 Å². The number of anilines is 1. The van der Waals surface area contributed by atoms with E-state index in [2.05, 4.69) is 15.9 Å². The molecule has 2 N–H and O–H groups in total. The lowest BCUT2D eigenvalue weighted by molar-refractivity contribution is 0.0775. The van der Waals surface area contributed by atoms with E-state index in [4.69, 9.17) is 5.73 Å². The second-order valence-electron chi connectivity index (χ2n) is 4.37. The summed E-state index contributed by atoms with van der Waals surface area (Å²) < 4.78 is 1.01. The van der Waals surface area contributed by atoms with Crippen LogP contribution in [0, 0.1) is 0 Å². The number of hydrogen-bond acceptors (Lipinski definition) is 3. The molecular formula is C15H17BrN2OS. The number of thiophene rings is 1. The van der Waals surface area contributed by atoms with Gasteiger partial charge in [0.25, 0.3) is 5.91 Å². The summed E-state index contributed by atoms with van der Waals surface area (Å²) in [5.41, 5.74) is 8.57. The summed E-state index contributed by atoms with van der Waals surface area (Å²) in [6.07, 6.45) is 0. The van der Waals surface area contributed by atoms with Gasteiger partial charge >= 0.3 is 0 Å². The molecule has 20 heavy (non-hydrogen) atoms. The van der Waals surface area contributed by atoms with Gasteiger partial charge in [0.1, 0.15) is 0 Å². The molecule has 0 saturated carbocycles. The summed E-state index contributed by atoms with van der Waals surface area (Å²) in [5.74, 6) is 0.00617. The van der Waals surface area contributed by atoms with Crippen molar-refractivity contribution in [2.24, 2.45) is 0 Å². The van der Waals surface area contributed by atoms with Crippen molar-refractivity contribution in [1.29, 1.82) is 0 Å². The minimum atomic E-state index is 0.00617. The van der Waals surface area contributed by atoms with Gasteiger partial charge in [0, 0.05) is 28.5 Å². The quantitative estimate of drug-likeness (QED) is 0.894. The van der Waals surface area contributed by atoms with Crippen LogP contribution in [-0.4, -0.2) is 23.9 Å². The SMILES string of the molecule is CCN(CC)C(=O)c1c(-c2ccc(Br)cc2)csc1N. The molecule has 5 heteroatoms. The molecule has 106 valence electrons. The van der Waals surface area contributed by atoms with Gasteiger partial charge in [0.15, 0.2) is 0 Å². The maximum Gasteiger partial charge on any atom is 0.257 e. The number of nitrogens with two attached hydrogens (primary N) is 1. The first kappa shape index (κ1) is 15.1. The maximum atomic E-state index is 12.6. The summed E-state index contributed by atoms with van der Waals surface area (Å²) in [7, 11) is 0. The first-order valence-corrected chi connectivity index (χ1v) is 8.17. The molecule has 1 aromatic carbocycles. The van der Waals surface area contributed by atoms with Crippen LogP contribution in [0.15, 0.2) is 34.1 Å². The lowest BCUT2D eigenvalue weighted by Gasteiger charge is -2.19. The minimum absolute atomic E-state index is 0.00617. The number of rotatable bonds is 4. The predicted octanol–water partition coefficient (Wildman–Crippen LogP) is 4.24. The van der Waals surface area contributed by atoms with E-state index < -0.39 is 0 Å². The first-order chi connectivity index (χ1) is 9.58. The number of halogens is 1. The standard InChI is InChI=1S/C15H17BrN2OS/c1-3-18(4-2)15(19)13-12(9-20-14(13)17)10-5-7-11(16)8-6-10/h5-9H,3-4,17H2,1-2H3. The topological polar surface area (TPSA) is 46.3 Å². The summed E-state index contributed by atoms with van der Waals surface area (Å²) in [5, 5.41) is 2.54. The van der Waals surface area contributed by atoms with Crippen LogP contribution in [-0.2, 0) is 0 Å². The first-order valence-electron chi connectivity index (χ1n) is 6.50. The van der Waals surface area contributed by atoms with Crippen LogP contribution >= 0.6 is 27.3 Å². The van der Waals surface area contributed by atoms with Crippen LogP contribution in [0.4, 0.5) is 5.00 Å². The number of hydrogen-bond donors (Lipinski definition) is 1. The molecule has 0 aliphatic heterocycles. The highest BCUT2D eigenvalue weighted by Crippen LogP contribution is 2.35. The van der Waals surface area contributed by atoms with E-state index in [0.717, 1.165) is 15.6 Å². The Bertz CT molecular complexity index is 603. The van der Waals surface area contributed by atoms with Gasteiger partial charge in [-0.2, -0.15) is 0 Å². The zero-order valence-electron chi connectivity index (χ0n) is 11.5. The van der Waals surface area contributed by atoms with E-state index in [1.807, 2.05) is 43.5 Å². The van der Waals surface area contributed by atoms with Crippen LogP contribution in [0.1, 0.15) is 24.2 Å². The normalized spacial score (nSPS) is 10.6. The number of benzene rings is 1. The van der Waals surface area contributed by atoms with Crippen LogP contribution < -0.4 is 5.73 Å². The summed E-state index contributed by atoms with van der Waals surface area (Å²) in [6.45, 7) is 5.32. The van der Waals surface area contributed by atoms with Crippen LogP contribution in [0.5, 0.6) is 0 Å². The molecule has 1 amide bonds. The molecular weight excluding hydrogens is 336 g/mol. The van der Waals surface area contributed by atoms with Crippen molar-refractivity contribution in [2.45, 2.75) is 13.8 Å². The Kier molecular flexibility index (Phi) is 4.83. The van der Waals surface area contributed by atoms with E-state index in [1.165, 1.54) is 11.3 Å². The van der Waals surface area contributed by atoms with Crippen molar-refractivity contribution in [1.82, 2.24) is 4.90 Å². The molecule has 0 aliphatic carbocycles. The lowest BCUT2D eigenvalue weighted by atomic mass is 10.0. The maximum absolute atomic E-state index is 12.6. The number of amides is 1. The van der Waals surface area contributed by atoms with E-state index >= 15 is 0 Å². The Balaban J connectivity index is 2.47. The van der Waals surface area contributed by atoms with Gasteiger partial charge in [0.05, 0.1) is 10.6 Å². The molecule has 0 spiro atoms. The van der Waals surface area contributed by atoms with E-state index in [0.29, 0.717) is 23.7 Å². The molecule has 1 aromatic heterocycles. The minimum Gasteiger partial charge on any atom is -0.390 e. The molecule has 0 bridgehead atoms. The fourth-order valence-corrected chi connectivity index (χ4v) is 3.18. The van der Waals surface area contributed by atoms with Gasteiger partial charge < -0.3 is 10.6 Å². The van der Waals surface area contributed by atoms with E-state index in [9.17, 15) is 4.79 Å². The average Bonchev–Trinajstić information content (AvgIpc) is 2.82. The number of carbonyl (C=O) groups is 1. The molecule has 0 radical (unpaired) electrons. The molecule has 0 fully saturated rings. The summed E-state index contributed by atoms with van der Waals surface area (Å²) in [6, 6.07) is 7.92. The largest absolute Gasteiger partial charge is 0.390 e. The molecule has 0 unspecified atom stereocenters. The van der Waals surface area contributed by atoms with Gasteiger partial charge in [0.2, 0.25) is 0 Å². The third kappa shape index (κ3) is 2.88. The average molecular weight is 353 g/mol. The number of carbonyl (C=O) groups excluding carboxylic acids is 1. The highest BCUT2D eigenvalue weighted by atomic mass is 79.9. The lowest BCUT2D eigenvalue weighted by Crippen LogP contribution is -2.31. The molecule has 3 nitrogen and oxygen atoms in total. The van der Waals surface area contributed by atoms with Gasteiger partial charge in [-0.05, 0) is 31.5 Å². The predicted molar refractivity (Wildman–Crippen MR) is 89.1 cm³/mol. The van der Waals surface area contributed by atoms with Crippen molar-refractivity contribution < 1.29 is 4.79 Å². The molecule has 2 aromatic rings. The molecule has 0 aliphatic rings. The number of nitrogen functional groups attached to an aromatic ring is 1. The number of nitrogens with zero attached hydrogens (tertiary/aromatic N) is 1. The van der Waals surface area contributed by atoms with Crippen LogP contribution in [0.3, 0.4) is 0 Å². The zero-order valence-corrected chi connectivity index (χ0v) is 13.9. The molecule has 1 heterocycles. The highest BCUT2D eigenvalue weighted by molar-refractivity contribution is 9.10. The fourth-order valence-electron chi connectivity index (χ4n) is 2.10. The van der Waals surface area contributed by atoms with Crippen LogP contribution in [0.25, 0.3) is 11.1 Å². The zero-order chi connectivity index (χ0) is 14.7. The highest BCUT2D eigenvalue weighted by Gasteiger charge is 2.22. The van der Waals surface area contributed by atoms with Crippen LogP contribution in [0.2, 0.25) is 0 Å². The van der Waals surface area contributed by atoms with Gasteiger partial charge in [-0.25, -0.2) is 0 Å². The Morgan fingerprint density at radius 1 is 1.25 bits per heavy atom. The summed E-state index contributed by atoms with van der Waals surface area (Å²) in [4.78, 5) is 14.4. The van der Waals surface area contributed by atoms with E-state index in [1.54, 1.807) is 4.90 Å². The Labute approximate surface area is 131 Å². The Hall–Kier alpha value is -1.33. The fraction of sp³-hybridized carbons (Fsp3) is 0.267. The molecule has 0 saturated heterocycles. The Morgan fingerprint density at radius 3 is 2.40 bits per heavy atom.